The molecule has 0 bridgehead atoms. The molecule has 0 aromatic heterocycles. The summed E-state index contributed by atoms with van der Waals surface area (Å²) >= 11 is 0. The van der Waals surface area contributed by atoms with Crippen LogP contribution in [-0.2, 0) is 18.9 Å². The summed E-state index contributed by atoms with van der Waals surface area (Å²) < 4.78 is 41.4. The van der Waals surface area contributed by atoms with E-state index >= 15 is 4.39 Å². The van der Waals surface area contributed by atoms with Crippen LogP contribution in [0.15, 0.2) is 23.8 Å². The SMILES string of the molecule is CCC.C[C@H]1C[C@H]2[C@@H]3CCC4=CCC=C[C@]4(C)[C@@]3(F)[C@@H](O)C[C@]2(C)[C@]12OCOC21COCO1. The van der Waals surface area contributed by atoms with Gasteiger partial charge >= 0.3 is 0 Å². The first-order valence-electron chi connectivity index (χ1n) is 12.9. The van der Waals surface area contributed by atoms with E-state index in [1.807, 2.05) is 13.0 Å². The minimum atomic E-state index is -1.68. The minimum Gasteiger partial charge on any atom is -0.390 e. The van der Waals surface area contributed by atoms with Gasteiger partial charge < -0.3 is 24.1 Å². The highest BCUT2D eigenvalue weighted by Crippen LogP contribution is 2.74. The first kappa shape index (κ1) is 23.9. The number of ether oxygens (including phenoxy) is 4. The Morgan fingerprint density at radius 1 is 1.12 bits per heavy atom. The number of aliphatic hydroxyl groups is 1. The lowest BCUT2D eigenvalue weighted by molar-refractivity contribution is -0.277. The van der Waals surface area contributed by atoms with Crippen LogP contribution >= 0.6 is 0 Å². The van der Waals surface area contributed by atoms with Gasteiger partial charge in [0.1, 0.15) is 12.2 Å². The predicted molar refractivity (Wildman–Crippen MR) is 123 cm³/mol. The second-order valence-corrected chi connectivity index (χ2v) is 11.6. The van der Waals surface area contributed by atoms with Crippen LogP contribution in [0.1, 0.15) is 73.1 Å². The van der Waals surface area contributed by atoms with Crippen LogP contribution in [0.5, 0.6) is 0 Å². The van der Waals surface area contributed by atoms with Gasteiger partial charge in [0.25, 0.3) is 0 Å². The van der Waals surface area contributed by atoms with E-state index < -0.39 is 34.0 Å². The van der Waals surface area contributed by atoms with Crippen molar-refractivity contribution in [2.24, 2.45) is 28.6 Å². The molecule has 1 unspecified atom stereocenters. The average molecular weight is 465 g/mol. The summed E-state index contributed by atoms with van der Waals surface area (Å²) in [6, 6.07) is 0. The second kappa shape index (κ2) is 7.86. The number of alkyl halides is 1. The van der Waals surface area contributed by atoms with Gasteiger partial charge in [0.2, 0.25) is 5.79 Å². The molecule has 0 aromatic carbocycles. The maximum absolute atomic E-state index is 17.2. The van der Waals surface area contributed by atoms with Crippen molar-refractivity contribution in [1.82, 2.24) is 0 Å². The van der Waals surface area contributed by atoms with E-state index in [4.69, 9.17) is 18.9 Å². The van der Waals surface area contributed by atoms with Gasteiger partial charge in [-0.3, -0.25) is 0 Å². The van der Waals surface area contributed by atoms with Gasteiger partial charge in [-0.1, -0.05) is 57.9 Å². The Kier molecular flexibility index (Phi) is 5.70. The second-order valence-electron chi connectivity index (χ2n) is 11.6. The lowest BCUT2D eigenvalue weighted by Gasteiger charge is -2.63. The minimum absolute atomic E-state index is 0.0809. The number of rotatable bonds is 0. The van der Waals surface area contributed by atoms with Crippen molar-refractivity contribution in [2.75, 3.05) is 20.2 Å². The van der Waals surface area contributed by atoms with Crippen molar-refractivity contribution in [2.45, 2.75) is 96.3 Å². The molecule has 2 aliphatic heterocycles. The first-order chi connectivity index (χ1) is 15.7. The largest absolute Gasteiger partial charge is 0.390 e. The fourth-order valence-corrected chi connectivity index (χ4v) is 8.87. The molecule has 0 aromatic rings. The molecule has 5 fully saturated rings. The first-order valence-corrected chi connectivity index (χ1v) is 12.9. The number of halogens is 1. The molecule has 0 amide bonds. The number of hydrogen-bond donors (Lipinski definition) is 1. The Morgan fingerprint density at radius 2 is 1.85 bits per heavy atom. The zero-order chi connectivity index (χ0) is 23.7. The van der Waals surface area contributed by atoms with Crippen molar-refractivity contribution in [3.8, 4) is 0 Å². The quantitative estimate of drug-likeness (QED) is 0.494. The van der Waals surface area contributed by atoms with Crippen LogP contribution in [0.2, 0.25) is 0 Å². The summed E-state index contributed by atoms with van der Waals surface area (Å²) in [5.74, 6) is -1.02. The smallest absolute Gasteiger partial charge is 0.227 e. The molecular formula is C27H41FO5. The predicted octanol–water partition coefficient (Wildman–Crippen LogP) is 5.28. The number of allylic oxidation sites excluding steroid dienone is 4. The molecule has 6 heteroatoms. The molecule has 3 saturated carbocycles. The van der Waals surface area contributed by atoms with E-state index in [2.05, 4.69) is 39.8 Å². The van der Waals surface area contributed by atoms with E-state index in [1.54, 1.807) is 0 Å². The third-order valence-corrected chi connectivity index (χ3v) is 10.0. The molecule has 2 saturated heterocycles. The molecule has 0 radical (unpaired) electrons. The van der Waals surface area contributed by atoms with Crippen molar-refractivity contribution in [3.63, 3.8) is 0 Å². The van der Waals surface area contributed by atoms with Crippen molar-refractivity contribution < 1.29 is 28.4 Å². The standard InChI is InChI=1S/C24H33FO5.C3H8/c1-15-10-18-17-8-7-16-6-4-5-9-20(16,2)23(17,25)19(26)11-21(18,3)24(15)22(29-14-30-24)12-27-13-28-22;1-3-2/h5-6,9,15,17-19,26H,4,7-8,10-14H2,1-3H3;3H2,1-2H3/t15-,17-,18-,19-,20-,21-,22?,23-,24+;/m0./s1. The van der Waals surface area contributed by atoms with E-state index in [0.717, 1.165) is 31.3 Å². The average Bonchev–Trinajstić information content (AvgIpc) is 3.46. The Hall–Kier alpha value is -0.790. The molecular weight excluding hydrogens is 423 g/mol. The molecule has 6 aliphatic rings. The van der Waals surface area contributed by atoms with Crippen LogP contribution in [0.25, 0.3) is 0 Å². The van der Waals surface area contributed by atoms with E-state index in [-0.39, 0.29) is 31.3 Å². The maximum atomic E-state index is 17.2. The molecule has 4 aliphatic carbocycles. The van der Waals surface area contributed by atoms with E-state index in [9.17, 15) is 5.11 Å². The third kappa shape index (κ3) is 2.71. The van der Waals surface area contributed by atoms with Crippen LogP contribution < -0.4 is 0 Å². The highest BCUT2D eigenvalue weighted by atomic mass is 19.1. The van der Waals surface area contributed by atoms with Gasteiger partial charge in [0, 0.05) is 16.7 Å². The number of hydrogen-bond acceptors (Lipinski definition) is 5. The van der Waals surface area contributed by atoms with Crippen molar-refractivity contribution in [1.29, 1.82) is 0 Å². The topological polar surface area (TPSA) is 57.2 Å². The monoisotopic (exact) mass is 464 g/mol. The number of fused-ring (bicyclic) bond motifs is 7. The summed E-state index contributed by atoms with van der Waals surface area (Å²) in [6.45, 7) is 11.2. The Bertz CT molecular complexity index is 831. The summed E-state index contributed by atoms with van der Waals surface area (Å²) in [5, 5.41) is 11.5. The van der Waals surface area contributed by atoms with Crippen LogP contribution in [0, 0.1) is 28.6 Å². The Labute approximate surface area is 197 Å². The lowest BCUT2D eigenvalue weighted by Crippen LogP contribution is -2.71. The highest BCUT2D eigenvalue weighted by molar-refractivity contribution is 5.38. The van der Waals surface area contributed by atoms with Crippen molar-refractivity contribution in [3.05, 3.63) is 23.8 Å². The van der Waals surface area contributed by atoms with Crippen LogP contribution in [0.3, 0.4) is 0 Å². The Morgan fingerprint density at radius 3 is 2.55 bits per heavy atom. The van der Waals surface area contributed by atoms with Crippen LogP contribution in [-0.4, -0.2) is 48.5 Å². The van der Waals surface area contributed by atoms with Gasteiger partial charge in [-0.15, -0.1) is 0 Å². The zero-order valence-corrected chi connectivity index (χ0v) is 20.9. The van der Waals surface area contributed by atoms with Gasteiger partial charge in [0.15, 0.2) is 19.3 Å². The third-order valence-electron chi connectivity index (χ3n) is 10.0. The normalized spacial score (nSPS) is 54.5. The summed E-state index contributed by atoms with van der Waals surface area (Å²) in [4.78, 5) is 0. The van der Waals surface area contributed by atoms with Gasteiger partial charge in [-0.25, -0.2) is 4.39 Å². The Balaban J connectivity index is 0.000000724. The van der Waals surface area contributed by atoms with Gasteiger partial charge in [0.05, 0.1) is 6.10 Å². The summed E-state index contributed by atoms with van der Waals surface area (Å²) in [5.41, 5.74) is -2.49. The highest BCUT2D eigenvalue weighted by Gasteiger charge is 2.81. The van der Waals surface area contributed by atoms with Gasteiger partial charge in [-0.05, 0) is 50.9 Å². The molecule has 1 N–H and O–H groups in total. The van der Waals surface area contributed by atoms with Crippen LogP contribution in [0.4, 0.5) is 4.39 Å². The maximum Gasteiger partial charge on any atom is 0.227 e. The molecule has 186 valence electrons. The molecule has 2 heterocycles. The molecule has 33 heavy (non-hydrogen) atoms. The lowest BCUT2D eigenvalue weighted by atomic mass is 9.44. The zero-order valence-electron chi connectivity index (χ0n) is 20.9. The van der Waals surface area contributed by atoms with E-state index in [1.165, 1.54) is 6.42 Å². The van der Waals surface area contributed by atoms with Gasteiger partial charge in [-0.2, -0.15) is 0 Å². The molecule has 6 rings (SSSR count). The summed E-state index contributed by atoms with van der Waals surface area (Å²) in [6.07, 6.45) is 10.1. The fourth-order valence-electron chi connectivity index (χ4n) is 8.87. The molecule has 2 spiro atoms. The molecule has 9 atom stereocenters. The van der Waals surface area contributed by atoms with Crippen molar-refractivity contribution >= 4 is 0 Å². The summed E-state index contributed by atoms with van der Waals surface area (Å²) in [7, 11) is 0. The fraction of sp³-hybridized carbons (Fsp3) is 0.852. The number of aliphatic hydroxyl groups excluding tert-OH is 1. The molecule has 5 nitrogen and oxygen atoms in total. The van der Waals surface area contributed by atoms with E-state index in [0.29, 0.717) is 13.0 Å².